The summed E-state index contributed by atoms with van der Waals surface area (Å²) < 4.78 is 16.1. The molecule has 4 rings (SSSR count). The Kier molecular flexibility index (Phi) is 7.87. The van der Waals surface area contributed by atoms with Gasteiger partial charge in [0.05, 0.1) is 27.9 Å². The first kappa shape index (κ1) is 23.9. The van der Waals surface area contributed by atoms with Crippen molar-refractivity contribution in [3.8, 4) is 17.2 Å². The molecule has 0 bridgehead atoms. The highest BCUT2D eigenvalue weighted by Crippen LogP contribution is 2.38. The molecule has 1 aliphatic rings. The SMILES string of the molecule is COc1cc(CNC(=O)CN2CCN(Cc3cccc4ccccc34)CC2)cc(OC)c1OC. The lowest BCUT2D eigenvalue weighted by Crippen LogP contribution is -2.49. The van der Waals surface area contributed by atoms with Crippen LogP contribution in [-0.2, 0) is 17.9 Å². The van der Waals surface area contributed by atoms with Crippen molar-refractivity contribution in [3.63, 3.8) is 0 Å². The number of carbonyl (C=O) groups is 1. The largest absolute Gasteiger partial charge is 0.493 e. The van der Waals surface area contributed by atoms with Crippen LogP contribution >= 0.6 is 0 Å². The van der Waals surface area contributed by atoms with Gasteiger partial charge in [-0.25, -0.2) is 0 Å². The van der Waals surface area contributed by atoms with Gasteiger partial charge in [0, 0.05) is 39.3 Å². The van der Waals surface area contributed by atoms with Crippen LogP contribution in [0.15, 0.2) is 54.6 Å². The molecule has 0 atom stereocenters. The van der Waals surface area contributed by atoms with Gasteiger partial charge >= 0.3 is 0 Å². The van der Waals surface area contributed by atoms with Crippen LogP contribution < -0.4 is 19.5 Å². The van der Waals surface area contributed by atoms with E-state index in [1.54, 1.807) is 21.3 Å². The first-order chi connectivity index (χ1) is 16.6. The maximum Gasteiger partial charge on any atom is 0.234 e. The van der Waals surface area contributed by atoms with E-state index in [9.17, 15) is 4.79 Å². The van der Waals surface area contributed by atoms with E-state index in [1.165, 1.54) is 16.3 Å². The van der Waals surface area contributed by atoms with E-state index in [0.717, 1.165) is 38.3 Å². The number of fused-ring (bicyclic) bond motifs is 1. The molecule has 1 fully saturated rings. The summed E-state index contributed by atoms with van der Waals surface area (Å²) in [6, 6.07) is 18.7. The van der Waals surface area contributed by atoms with Gasteiger partial charge in [-0.05, 0) is 34.0 Å². The summed E-state index contributed by atoms with van der Waals surface area (Å²) in [4.78, 5) is 17.3. The van der Waals surface area contributed by atoms with Crippen LogP contribution in [0.4, 0.5) is 0 Å². The van der Waals surface area contributed by atoms with E-state index in [-0.39, 0.29) is 5.91 Å². The molecule has 1 aliphatic heterocycles. The minimum Gasteiger partial charge on any atom is -0.493 e. The molecule has 1 saturated heterocycles. The number of nitrogens with one attached hydrogen (secondary N) is 1. The van der Waals surface area contributed by atoms with Gasteiger partial charge in [0.25, 0.3) is 0 Å². The van der Waals surface area contributed by atoms with Gasteiger partial charge in [0.2, 0.25) is 11.7 Å². The quantitative estimate of drug-likeness (QED) is 0.525. The number of piperazine rings is 1. The number of methoxy groups -OCH3 is 3. The zero-order valence-electron chi connectivity index (χ0n) is 20.2. The summed E-state index contributed by atoms with van der Waals surface area (Å²) in [6.45, 7) is 5.38. The number of rotatable bonds is 9. The van der Waals surface area contributed by atoms with Crippen molar-refractivity contribution in [1.82, 2.24) is 15.1 Å². The monoisotopic (exact) mass is 463 g/mol. The Morgan fingerprint density at radius 3 is 2.18 bits per heavy atom. The number of amides is 1. The summed E-state index contributed by atoms with van der Waals surface area (Å²) in [5, 5.41) is 5.61. The number of benzene rings is 3. The van der Waals surface area contributed by atoms with Crippen molar-refractivity contribution in [3.05, 3.63) is 65.7 Å². The average molecular weight is 464 g/mol. The first-order valence-corrected chi connectivity index (χ1v) is 11.6. The second-order valence-corrected chi connectivity index (χ2v) is 8.50. The highest BCUT2D eigenvalue weighted by atomic mass is 16.5. The van der Waals surface area contributed by atoms with Crippen LogP contribution in [0.5, 0.6) is 17.2 Å². The minimum atomic E-state index is 0.0104. The molecule has 0 aliphatic carbocycles. The third-order valence-electron chi connectivity index (χ3n) is 6.32. The zero-order valence-corrected chi connectivity index (χ0v) is 20.2. The molecule has 0 aromatic heterocycles. The number of nitrogens with zero attached hydrogens (tertiary/aromatic N) is 2. The Hall–Kier alpha value is -3.29. The highest BCUT2D eigenvalue weighted by molar-refractivity contribution is 5.85. The van der Waals surface area contributed by atoms with E-state index >= 15 is 0 Å². The van der Waals surface area contributed by atoms with Crippen molar-refractivity contribution in [2.24, 2.45) is 0 Å². The van der Waals surface area contributed by atoms with Crippen molar-refractivity contribution >= 4 is 16.7 Å². The maximum atomic E-state index is 12.6. The molecule has 1 amide bonds. The van der Waals surface area contributed by atoms with Gasteiger partial charge in [-0.15, -0.1) is 0 Å². The third kappa shape index (κ3) is 5.61. The van der Waals surface area contributed by atoms with E-state index in [2.05, 4.69) is 57.6 Å². The standard InChI is InChI=1S/C27H33N3O4/c1-32-24-15-20(16-25(33-2)27(24)34-3)17-28-26(31)19-30-13-11-29(12-14-30)18-22-9-6-8-21-7-4-5-10-23(21)22/h4-10,15-16H,11-14,17-19H2,1-3H3,(H,28,31). The fourth-order valence-corrected chi connectivity index (χ4v) is 4.47. The van der Waals surface area contributed by atoms with Crippen LogP contribution in [0, 0.1) is 0 Å². The normalized spacial score (nSPS) is 14.7. The van der Waals surface area contributed by atoms with Gasteiger partial charge in [0.1, 0.15) is 0 Å². The fourth-order valence-electron chi connectivity index (χ4n) is 4.47. The summed E-state index contributed by atoms with van der Waals surface area (Å²) in [6.07, 6.45) is 0. The molecule has 0 radical (unpaired) electrons. The lowest BCUT2D eigenvalue weighted by atomic mass is 10.0. The lowest BCUT2D eigenvalue weighted by Gasteiger charge is -2.34. The fraction of sp³-hybridized carbons (Fsp3) is 0.370. The third-order valence-corrected chi connectivity index (χ3v) is 6.32. The molecular formula is C27H33N3O4. The number of ether oxygens (including phenoxy) is 3. The van der Waals surface area contributed by atoms with Gasteiger partial charge in [-0.2, -0.15) is 0 Å². The summed E-state index contributed by atoms with van der Waals surface area (Å²) >= 11 is 0. The van der Waals surface area contributed by atoms with Crippen molar-refractivity contribution in [2.45, 2.75) is 13.1 Å². The summed E-state index contributed by atoms with van der Waals surface area (Å²) in [7, 11) is 4.74. The van der Waals surface area contributed by atoms with E-state index in [4.69, 9.17) is 14.2 Å². The number of hydrogen-bond acceptors (Lipinski definition) is 6. The van der Waals surface area contributed by atoms with Crippen LogP contribution in [-0.4, -0.2) is 69.8 Å². The molecular weight excluding hydrogens is 430 g/mol. The van der Waals surface area contributed by atoms with E-state index < -0.39 is 0 Å². The minimum absolute atomic E-state index is 0.0104. The Morgan fingerprint density at radius 1 is 0.853 bits per heavy atom. The van der Waals surface area contributed by atoms with Gasteiger partial charge in [-0.3, -0.25) is 14.6 Å². The molecule has 0 saturated carbocycles. The lowest BCUT2D eigenvalue weighted by molar-refractivity contribution is -0.122. The highest BCUT2D eigenvalue weighted by Gasteiger charge is 2.20. The van der Waals surface area contributed by atoms with Gasteiger partial charge < -0.3 is 19.5 Å². The molecule has 7 heteroatoms. The molecule has 34 heavy (non-hydrogen) atoms. The average Bonchev–Trinajstić information content (AvgIpc) is 2.88. The van der Waals surface area contributed by atoms with Crippen LogP contribution in [0.25, 0.3) is 10.8 Å². The maximum absolute atomic E-state index is 12.6. The molecule has 1 heterocycles. The first-order valence-electron chi connectivity index (χ1n) is 11.6. The molecule has 7 nitrogen and oxygen atoms in total. The van der Waals surface area contributed by atoms with Crippen LogP contribution in [0.2, 0.25) is 0 Å². The summed E-state index contributed by atoms with van der Waals surface area (Å²) in [5.41, 5.74) is 2.25. The Bertz CT molecular complexity index is 1100. The topological polar surface area (TPSA) is 63.3 Å². The predicted octanol–water partition coefficient (Wildman–Crippen LogP) is 3.30. The Labute approximate surface area is 201 Å². The van der Waals surface area contributed by atoms with Crippen molar-refractivity contribution in [1.29, 1.82) is 0 Å². The summed E-state index contributed by atoms with van der Waals surface area (Å²) in [5.74, 6) is 1.71. The predicted molar refractivity (Wildman–Crippen MR) is 134 cm³/mol. The van der Waals surface area contributed by atoms with Gasteiger partial charge in [-0.1, -0.05) is 42.5 Å². The Balaban J connectivity index is 1.26. The second kappa shape index (κ2) is 11.2. The Morgan fingerprint density at radius 2 is 1.50 bits per heavy atom. The molecule has 3 aromatic carbocycles. The van der Waals surface area contributed by atoms with Crippen molar-refractivity contribution < 1.29 is 19.0 Å². The van der Waals surface area contributed by atoms with Crippen molar-refractivity contribution in [2.75, 3.05) is 54.1 Å². The zero-order chi connectivity index (χ0) is 23.9. The number of hydrogen-bond donors (Lipinski definition) is 1. The van der Waals surface area contributed by atoms with Crippen LogP contribution in [0.1, 0.15) is 11.1 Å². The van der Waals surface area contributed by atoms with E-state index in [0.29, 0.717) is 30.3 Å². The number of carbonyl (C=O) groups excluding carboxylic acids is 1. The van der Waals surface area contributed by atoms with E-state index in [1.807, 2.05) is 12.1 Å². The molecule has 1 N–H and O–H groups in total. The van der Waals surface area contributed by atoms with Crippen LogP contribution in [0.3, 0.4) is 0 Å². The van der Waals surface area contributed by atoms with Gasteiger partial charge in [0.15, 0.2) is 11.5 Å². The smallest absolute Gasteiger partial charge is 0.234 e. The molecule has 3 aromatic rings. The molecule has 0 spiro atoms. The second-order valence-electron chi connectivity index (χ2n) is 8.50. The molecule has 0 unspecified atom stereocenters. The molecule has 180 valence electrons.